The molecule has 0 unspecified atom stereocenters. The Bertz CT molecular complexity index is 556. The number of para-hydroxylation sites is 1. The van der Waals surface area contributed by atoms with Crippen molar-refractivity contribution in [1.29, 1.82) is 0 Å². The fraction of sp³-hybridized carbons (Fsp3) is 0.308. The number of aromatic nitrogens is 1. The van der Waals surface area contributed by atoms with Crippen molar-refractivity contribution in [3.8, 4) is 0 Å². The SMILES string of the molecule is O=C([O-])[C@@H]1CCCc2c1[nH]c1ccccc21. The van der Waals surface area contributed by atoms with Crippen molar-refractivity contribution in [3.63, 3.8) is 0 Å². The Balaban J connectivity index is 2.25. The summed E-state index contributed by atoms with van der Waals surface area (Å²) in [7, 11) is 0. The highest BCUT2D eigenvalue weighted by molar-refractivity contribution is 5.87. The fourth-order valence-corrected chi connectivity index (χ4v) is 2.65. The summed E-state index contributed by atoms with van der Waals surface area (Å²) in [6, 6.07) is 7.97. The predicted octanol–water partition coefficient (Wildman–Crippen LogP) is 1.34. The maximum absolute atomic E-state index is 11.1. The van der Waals surface area contributed by atoms with Crippen LogP contribution in [0.3, 0.4) is 0 Å². The molecule has 0 spiro atoms. The maximum Gasteiger partial charge on any atom is 0.0504 e. The molecule has 3 rings (SSSR count). The van der Waals surface area contributed by atoms with E-state index in [1.165, 1.54) is 0 Å². The van der Waals surface area contributed by atoms with Crippen molar-refractivity contribution in [2.24, 2.45) is 0 Å². The van der Waals surface area contributed by atoms with Gasteiger partial charge in [0.1, 0.15) is 0 Å². The molecule has 0 saturated carbocycles. The molecule has 0 radical (unpaired) electrons. The van der Waals surface area contributed by atoms with Gasteiger partial charge < -0.3 is 14.9 Å². The van der Waals surface area contributed by atoms with Crippen molar-refractivity contribution in [3.05, 3.63) is 35.5 Å². The number of benzene rings is 1. The molecule has 16 heavy (non-hydrogen) atoms. The highest BCUT2D eigenvalue weighted by Crippen LogP contribution is 2.35. The van der Waals surface area contributed by atoms with E-state index < -0.39 is 11.9 Å². The summed E-state index contributed by atoms with van der Waals surface area (Å²) < 4.78 is 0. The number of nitrogens with one attached hydrogen (secondary N) is 1. The molecule has 1 atom stereocenters. The molecule has 2 aromatic rings. The molecule has 0 saturated heterocycles. The van der Waals surface area contributed by atoms with Crippen LogP contribution in [0.4, 0.5) is 0 Å². The number of rotatable bonds is 1. The Morgan fingerprint density at radius 1 is 1.38 bits per heavy atom. The number of carbonyl (C=O) groups is 1. The van der Waals surface area contributed by atoms with Crippen molar-refractivity contribution < 1.29 is 9.90 Å². The third-order valence-corrected chi connectivity index (χ3v) is 3.40. The molecule has 3 heteroatoms. The molecule has 0 fully saturated rings. The number of aromatic amines is 1. The van der Waals surface area contributed by atoms with Crippen LogP contribution in [-0.2, 0) is 11.2 Å². The lowest BCUT2D eigenvalue weighted by molar-refractivity contribution is -0.308. The van der Waals surface area contributed by atoms with Crippen molar-refractivity contribution >= 4 is 16.9 Å². The van der Waals surface area contributed by atoms with E-state index in [0.29, 0.717) is 6.42 Å². The van der Waals surface area contributed by atoms with Crippen LogP contribution in [0.1, 0.15) is 30.0 Å². The fourth-order valence-electron chi connectivity index (χ4n) is 2.65. The van der Waals surface area contributed by atoms with E-state index in [-0.39, 0.29) is 0 Å². The summed E-state index contributed by atoms with van der Waals surface area (Å²) in [6.07, 6.45) is 2.57. The second kappa shape index (κ2) is 3.37. The van der Waals surface area contributed by atoms with E-state index in [9.17, 15) is 9.90 Å². The van der Waals surface area contributed by atoms with Gasteiger partial charge in [-0.05, 0) is 30.9 Å². The normalized spacial score (nSPS) is 19.6. The van der Waals surface area contributed by atoms with Gasteiger partial charge in [0.15, 0.2) is 0 Å². The number of hydrogen-bond acceptors (Lipinski definition) is 2. The summed E-state index contributed by atoms with van der Waals surface area (Å²) in [5.41, 5.74) is 3.05. The standard InChI is InChI=1S/C13H13NO2/c15-13(16)10-6-3-5-9-8-4-1-2-7-11(8)14-12(9)10/h1-2,4,7,10,14H,3,5-6H2,(H,15,16)/p-1/t10-/m1/s1. The van der Waals surface area contributed by atoms with Gasteiger partial charge in [-0.1, -0.05) is 18.2 Å². The molecule has 1 aromatic carbocycles. The number of aryl methyl sites for hydroxylation is 1. The average molecular weight is 214 g/mol. The minimum absolute atomic E-state index is 0.462. The largest absolute Gasteiger partial charge is 0.549 e. The maximum atomic E-state index is 11.1. The molecule has 1 aromatic heterocycles. The molecule has 3 nitrogen and oxygen atoms in total. The van der Waals surface area contributed by atoms with Gasteiger partial charge in [0.05, 0.1) is 5.97 Å². The van der Waals surface area contributed by atoms with Gasteiger partial charge in [0.2, 0.25) is 0 Å². The zero-order valence-corrected chi connectivity index (χ0v) is 8.82. The van der Waals surface area contributed by atoms with Gasteiger partial charge >= 0.3 is 0 Å². The number of hydrogen-bond donors (Lipinski definition) is 1. The zero-order chi connectivity index (χ0) is 11.1. The van der Waals surface area contributed by atoms with Gasteiger partial charge in [-0.3, -0.25) is 0 Å². The van der Waals surface area contributed by atoms with Crippen LogP contribution in [0.15, 0.2) is 24.3 Å². The Morgan fingerprint density at radius 3 is 3.00 bits per heavy atom. The van der Waals surface area contributed by atoms with Crippen LogP contribution < -0.4 is 5.11 Å². The average Bonchev–Trinajstić information content (AvgIpc) is 2.67. The number of H-pyrrole nitrogens is 1. The second-order valence-electron chi connectivity index (χ2n) is 4.33. The van der Waals surface area contributed by atoms with E-state index in [1.807, 2.05) is 24.3 Å². The lowest BCUT2D eigenvalue weighted by Crippen LogP contribution is -2.31. The van der Waals surface area contributed by atoms with Crippen molar-refractivity contribution in [1.82, 2.24) is 4.98 Å². The first-order chi connectivity index (χ1) is 7.77. The van der Waals surface area contributed by atoms with Crippen LogP contribution in [0, 0.1) is 0 Å². The first kappa shape index (κ1) is 9.46. The summed E-state index contributed by atoms with van der Waals surface area (Å²) in [4.78, 5) is 14.3. The molecule has 82 valence electrons. The van der Waals surface area contributed by atoms with Crippen LogP contribution in [0.2, 0.25) is 0 Å². The first-order valence-electron chi connectivity index (χ1n) is 5.57. The monoisotopic (exact) mass is 214 g/mol. The summed E-state index contributed by atoms with van der Waals surface area (Å²) >= 11 is 0. The first-order valence-corrected chi connectivity index (χ1v) is 5.57. The Kier molecular flexibility index (Phi) is 1.99. The molecule has 0 amide bonds. The second-order valence-corrected chi connectivity index (χ2v) is 4.33. The quantitative estimate of drug-likeness (QED) is 0.778. The summed E-state index contributed by atoms with van der Waals surface area (Å²) in [5, 5.41) is 12.2. The highest BCUT2D eigenvalue weighted by Gasteiger charge is 2.24. The van der Waals surface area contributed by atoms with E-state index in [4.69, 9.17) is 0 Å². The minimum atomic E-state index is -0.965. The van der Waals surface area contributed by atoms with E-state index in [2.05, 4.69) is 4.98 Å². The third kappa shape index (κ3) is 1.24. The smallest absolute Gasteiger partial charge is 0.0504 e. The number of carboxylic acid groups (broad SMARTS) is 1. The van der Waals surface area contributed by atoms with Crippen LogP contribution in [0.25, 0.3) is 10.9 Å². The summed E-state index contributed by atoms with van der Waals surface area (Å²) in [5.74, 6) is -1.43. The molecule has 1 aliphatic carbocycles. The number of carbonyl (C=O) groups excluding carboxylic acids is 1. The summed E-state index contributed by atoms with van der Waals surface area (Å²) in [6.45, 7) is 0. The van der Waals surface area contributed by atoms with Crippen LogP contribution in [0.5, 0.6) is 0 Å². The zero-order valence-electron chi connectivity index (χ0n) is 8.82. The Morgan fingerprint density at radius 2 is 2.19 bits per heavy atom. The molecule has 0 aliphatic heterocycles. The molecule has 0 bridgehead atoms. The van der Waals surface area contributed by atoms with Gasteiger partial charge in [0.25, 0.3) is 0 Å². The number of carboxylic acids is 1. The highest BCUT2D eigenvalue weighted by atomic mass is 16.4. The molecule has 1 aliphatic rings. The van der Waals surface area contributed by atoms with Crippen molar-refractivity contribution in [2.75, 3.05) is 0 Å². The van der Waals surface area contributed by atoms with Crippen molar-refractivity contribution in [2.45, 2.75) is 25.2 Å². The lowest BCUT2D eigenvalue weighted by atomic mass is 9.87. The molecular weight excluding hydrogens is 202 g/mol. The van der Waals surface area contributed by atoms with Gasteiger partial charge in [-0.2, -0.15) is 0 Å². The number of aliphatic carboxylic acids is 1. The van der Waals surface area contributed by atoms with Gasteiger partial charge in [0, 0.05) is 22.5 Å². The van der Waals surface area contributed by atoms with E-state index in [0.717, 1.165) is 35.0 Å². The molecule has 1 heterocycles. The Labute approximate surface area is 93.1 Å². The van der Waals surface area contributed by atoms with E-state index in [1.54, 1.807) is 0 Å². The van der Waals surface area contributed by atoms with Crippen LogP contribution in [-0.4, -0.2) is 11.0 Å². The van der Waals surface area contributed by atoms with Gasteiger partial charge in [-0.25, -0.2) is 0 Å². The topological polar surface area (TPSA) is 55.9 Å². The molecule has 1 N–H and O–H groups in total. The third-order valence-electron chi connectivity index (χ3n) is 3.40. The van der Waals surface area contributed by atoms with Gasteiger partial charge in [-0.15, -0.1) is 0 Å². The minimum Gasteiger partial charge on any atom is -0.549 e. The van der Waals surface area contributed by atoms with E-state index >= 15 is 0 Å². The van der Waals surface area contributed by atoms with Crippen LogP contribution >= 0.6 is 0 Å². The Hall–Kier alpha value is -1.77. The molecular formula is C13H12NO2-. The lowest BCUT2D eigenvalue weighted by Gasteiger charge is -2.23. The number of fused-ring (bicyclic) bond motifs is 3. The predicted molar refractivity (Wildman–Crippen MR) is 59.0 cm³/mol.